The minimum Gasteiger partial charge on any atom is -0.394 e. The Hall–Kier alpha value is -0.0100. The average molecular weight is 216 g/mol. The van der Waals surface area contributed by atoms with Crippen molar-refractivity contribution < 1.29 is 33.8 Å². The summed E-state index contributed by atoms with van der Waals surface area (Å²) >= 11 is 0. The zero-order valence-corrected chi connectivity index (χ0v) is 7.76. The van der Waals surface area contributed by atoms with Crippen LogP contribution in [0.25, 0.3) is 0 Å². The average Bonchev–Trinajstić information content (AvgIpc) is 2.11. The predicted octanol–water partition coefficient (Wildman–Crippen LogP) is -1.53. The Morgan fingerprint density at radius 3 is 2.38 bits per heavy atom. The van der Waals surface area contributed by atoms with Crippen LogP contribution in [0.15, 0.2) is 0 Å². The molecule has 0 aliphatic carbocycles. The van der Waals surface area contributed by atoms with Crippen LogP contribution < -0.4 is 0 Å². The third-order valence-corrected chi connectivity index (χ3v) is 1.97. The van der Waals surface area contributed by atoms with E-state index >= 15 is 0 Å². The van der Waals surface area contributed by atoms with E-state index in [1.165, 1.54) is 0 Å². The molecule has 0 rings (SSSR count). The highest BCUT2D eigenvalue weighted by Gasteiger charge is 2.21. The summed E-state index contributed by atoms with van der Waals surface area (Å²) in [6.45, 7) is -1.81. The lowest BCUT2D eigenvalue weighted by atomic mass is 10.4. The summed E-state index contributed by atoms with van der Waals surface area (Å²) in [5, 5.41) is 25.3. The Bertz CT molecular complexity index is 172. The van der Waals surface area contributed by atoms with Gasteiger partial charge in [0.2, 0.25) is 0 Å². The molecule has 0 amide bonds. The molecule has 0 saturated heterocycles. The predicted molar refractivity (Wildman–Crippen MR) is 41.9 cm³/mol. The zero-order chi connectivity index (χ0) is 10.3. The van der Waals surface area contributed by atoms with Gasteiger partial charge in [0.15, 0.2) is 0 Å². The van der Waals surface area contributed by atoms with Crippen molar-refractivity contribution in [1.82, 2.24) is 0 Å². The van der Waals surface area contributed by atoms with Crippen molar-refractivity contribution in [2.45, 2.75) is 6.10 Å². The zero-order valence-electron chi connectivity index (χ0n) is 6.87. The second-order valence-electron chi connectivity index (χ2n) is 2.16. The highest BCUT2D eigenvalue weighted by atomic mass is 31.2. The maximum atomic E-state index is 10.8. The van der Waals surface area contributed by atoms with Gasteiger partial charge >= 0.3 is 7.82 Å². The molecule has 0 aliphatic heterocycles. The lowest BCUT2D eigenvalue weighted by Gasteiger charge is -2.13. The van der Waals surface area contributed by atoms with E-state index in [1.54, 1.807) is 0 Å². The molecule has 0 saturated carbocycles. The van der Waals surface area contributed by atoms with E-state index < -0.39 is 33.7 Å². The molecule has 2 atom stereocenters. The van der Waals surface area contributed by atoms with Crippen LogP contribution in [0.5, 0.6) is 0 Å². The van der Waals surface area contributed by atoms with E-state index in [0.717, 1.165) is 0 Å². The third-order valence-electron chi connectivity index (χ3n) is 0.987. The Morgan fingerprint density at radius 2 is 1.92 bits per heavy atom. The van der Waals surface area contributed by atoms with E-state index in [4.69, 9.17) is 20.2 Å². The molecule has 0 aromatic heterocycles. The van der Waals surface area contributed by atoms with Crippen LogP contribution in [-0.4, -0.2) is 52.7 Å². The summed E-state index contributed by atoms with van der Waals surface area (Å²) in [5.41, 5.74) is 0. The second kappa shape index (κ2) is 6.44. The highest BCUT2D eigenvalue weighted by molar-refractivity contribution is 7.47. The standard InChI is InChI=1S/C5H13O7P/c6-1-2-11-13(9,10)12-4-5(8)3-7/h5-8H,1-4H2,(H,9,10). The van der Waals surface area contributed by atoms with Crippen LogP contribution >= 0.6 is 7.82 Å². The Morgan fingerprint density at radius 1 is 1.31 bits per heavy atom. The van der Waals surface area contributed by atoms with Gasteiger partial charge in [-0.3, -0.25) is 9.05 Å². The van der Waals surface area contributed by atoms with Crippen molar-refractivity contribution in [3.8, 4) is 0 Å². The van der Waals surface area contributed by atoms with Crippen molar-refractivity contribution >= 4 is 7.82 Å². The van der Waals surface area contributed by atoms with Gasteiger partial charge in [0, 0.05) is 0 Å². The maximum absolute atomic E-state index is 10.8. The van der Waals surface area contributed by atoms with E-state index in [-0.39, 0.29) is 6.61 Å². The Labute approximate surface area is 75.2 Å². The molecule has 2 unspecified atom stereocenters. The van der Waals surface area contributed by atoms with Crippen LogP contribution in [0.2, 0.25) is 0 Å². The molecule has 0 radical (unpaired) electrons. The normalized spacial score (nSPS) is 18.2. The van der Waals surface area contributed by atoms with Crippen molar-refractivity contribution in [3.63, 3.8) is 0 Å². The minimum absolute atomic E-state index is 0.330. The van der Waals surface area contributed by atoms with Gasteiger partial charge in [-0.1, -0.05) is 0 Å². The molecule has 0 heterocycles. The van der Waals surface area contributed by atoms with E-state index in [2.05, 4.69) is 9.05 Å². The molecule has 4 N–H and O–H groups in total. The molecule has 80 valence electrons. The molecule has 0 fully saturated rings. The lowest BCUT2D eigenvalue weighted by Crippen LogP contribution is -2.19. The summed E-state index contributed by atoms with van der Waals surface area (Å²) in [6, 6.07) is 0. The molecule has 13 heavy (non-hydrogen) atoms. The summed E-state index contributed by atoms with van der Waals surface area (Å²) in [7, 11) is -4.21. The third kappa shape index (κ3) is 7.09. The second-order valence-corrected chi connectivity index (χ2v) is 3.61. The number of hydrogen-bond acceptors (Lipinski definition) is 6. The van der Waals surface area contributed by atoms with Crippen LogP contribution in [0.1, 0.15) is 0 Å². The summed E-state index contributed by atoms with van der Waals surface area (Å²) in [5.74, 6) is 0. The molecule has 0 aliphatic rings. The Kier molecular flexibility index (Phi) is 6.44. The fourth-order valence-corrected chi connectivity index (χ4v) is 1.17. The fourth-order valence-electron chi connectivity index (χ4n) is 0.426. The van der Waals surface area contributed by atoms with Crippen LogP contribution in [0, 0.1) is 0 Å². The lowest BCUT2D eigenvalue weighted by molar-refractivity contribution is 0.0341. The number of hydrogen-bond donors (Lipinski definition) is 4. The van der Waals surface area contributed by atoms with Gasteiger partial charge in [-0.25, -0.2) is 4.57 Å². The minimum atomic E-state index is -4.21. The quantitative estimate of drug-likeness (QED) is 0.381. The first-order valence-electron chi connectivity index (χ1n) is 3.53. The topological polar surface area (TPSA) is 116 Å². The SMILES string of the molecule is O=P(O)(OCCO)OCC(O)CO. The number of rotatable bonds is 7. The van der Waals surface area contributed by atoms with Crippen LogP contribution in [0.4, 0.5) is 0 Å². The van der Waals surface area contributed by atoms with Crippen molar-refractivity contribution in [1.29, 1.82) is 0 Å². The molecular formula is C5H13O7P. The molecule has 0 aromatic carbocycles. The molecular weight excluding hydrogens is 203 g/mol. The monoisotopic (exact) mass is 216 g/mol. The number of aliphatic hydroxyl groups is 3. The fraction of sp³-hybridized carbons (Fsp3) is 1.00. The first-order valence-corrected chi connectivity index (χ1v) is 5.03. The largest absolute Gasteiger partial charge is 0.472 e. The van der Waals surface area contributed by atoms with Crippen LogP contribution in [-0.2, 0) is 13.6 Å². The van der Waals surface area contributed by atoms with Crippen molar-refractivity contribution in [2.75, 3.05) is 26.4 Å². The van der Waals surface area contributed by atoms with Gasteiger partial charge in [-0.05, 0) is 0 Å². The van der Waals surface area contributed by atoms with E-state index in [0.29, 0.717) is 0 Å². The number of phosphoric acid groups is 1. The van der Waals surface area contributed by atoms with Gasteiger partial charge in [0.25, 0.3) is 0 Å². The van der Waals surface area contributed by atoms with E-state index in [1.807, 2.05) is 0 Å². The molecule has 0 spiro atoms. The highest BCUT2D eigenvalue weighted by Crippen LogP contribution is 2.42. The Balaban J connectivity index is 3.68. The summed E-state index contributed by atoms with van der Waals surface area (Å²) in [4.78, 5) is 8.80. The first-order chi connectivity index (χ1) is 6.02. The van der Waals surface area contributed by atoms with Gasteiger partial charge in [-0.15, -0.1) is 0 Å². The molecule has 0 bridgehead atoms. The van der Waals surface area contributed by atoms with Crippen LogP contribution in [0.3, 0.4) is 0 Å². The molecule has 8 heteroatoms. The van der Waals surface area contributed by atoms with Gasteiger partial charge in [-0.2, -0.15) is 0 Å². The van der Waals surface area contributed by atoms with Crippen molar-refractivity contribution in [3.05, 3.63) is 0 Å². The molecule has 7 nitrogen and oxygen atoms in total. The number of aliphatic hydroxyl groups excluding tert-OH is 3. The number of phosphoric ester groups is 1. The van der Waals surface area contributed by atoms with Crippen molar-refractivity contribution in [2.24, 2.45) is 0 Å². The maximum Gasteiger partial charge on any atom is 0.472 e. The summed E-state index contributed by atoms with van der Waals surface area (Å²) in [6.07, 6.45) is -1.22. The van der Waals surface area contributed by atoms with Gasteiger partial charge in [0.1, 0.15) is 6.10 Å². The smallest absolute Gasteiger partial charge is 0.394 e. The van der Waals surface area contributed by atoms with E-state index in [9.17, 15) is 4.57 Å². The van der Waals surface area contributed by atoms with Gasteiger partial charge < -0.3 is 20.2 Å². The van der Waals surface area contributed by atoms with Gasteiger partial charge in [0.05, 0.1) is 26.4 Å². The molecule has 0 aromatic rings. The summed E-state index contributed by atoms with van der Waals surface area (Å²) < 4.78 is 19.3. The first kappa shape index (κ1) is 13.0.